The van der Waals surface area contributed by atoms with Crippen LogP contribution in [0.1, 0.15) is 0 Å². The highest BCUT2D eigenvalue weighted by Gasteiger charge is 2.62. The highest BCUT2D eigenvalue weighted by molar-refractivity contribution is 7.83. The summed E-state index contributed by atoms with van der Waals surface area (Å²) in [5.74, 6) is 0. The van der Waals surface area contributed by atoms with Crippen molar-refractivity contribution in [2.75, 3.05) is 0 Å². The summed E-state index contributed by atoms with van der Waals surface area (Å²) in [6, 6.07) is 3.89. The number of phosphoric ester groups is 6. The molecule has 0 saturated heterocycles. The average molecular weight is 1160 g/mol. The lowest BCUT2D eigenvalue weighted by molar-refractivity contribution is -0.202. The number of rotatable bonds is 15. The van der Waals surface area contributed by atoms with Gasteiger partial charge in [-0.3, -0.25) is 36.2 Å². The van der Waals surface area contributed by atoms with Gasteiger partial charge in [-0.15, -0.1) is 0 Å². The number of phosphoric acid groups is 6. The molecule has 0 spiro atoms. The van der Waals surface area contributed by atoms with Crippen LogP contribution in [0.15, 0.2) is 24.5 Å². The Morgan fingerprint density at radius 1 is 0.323 bits per heavy atom. The maximum Gasteiger partial charge on any atom is 0.470 e. The Morgan fingerprint density at radius 2 is 0.446 bits per heavy atom. The predicted octanol–water partition coefficient (Wildman–Crippen LogP) is -1.31. The van der Waals surface area contributed by atoms with E-state index in [2.05, 4.69) is 40.8 Å². The Hall–Kier alpha value is -0.880. The van der Waals surface area contributed by atoms with E-state index in [1.54, 1.807) is 0 Å². The second-order valence-electron chi connectivity index (χ2n) is 8.24. The predicted molar refractivity (Wildman–Crippen MR) is 218 cm³/mol. The fraction of sp³-hybridized carbons (Fsp3) is 0.600. The quantitative estimate of drug-likeness (QED) is 0.0420. The Morgan fingerprint density at radius 3 is 0.508 bits per heavy atom. The Labute approximate surface area is 367 Å². The van der Waals surface area contributed by atoms with E-state index in [9.17, 15) is 44.2 Å². The molecule has 1 aromatic rings. The molecule has 55 heteroatoms. The van der Waals surface area contributed by atoms with Gasteiger partial charge in [0.05, 0.1) is 0 Å². The van der Waals surface area contributed by atoms with Gasteiger partial charge >= 0.3 is 67.7 Å². The molecule has 0 radical (unpaired) electrons. The molecule has 2 rings (SSSR count). The van der Waals surface area contributed by atoms with Crippen molar-refractivity contribution in [3.8, 4) is 0 Å². The maximum atomic E-state index is 11.4. The molecular weight excluding hydrogens is 1090 g/mol. The first-order valence-electron chi connectivity index (χ1n) is 11.1. The minimum atomic E-state index is -6.02. The molecule has 57 N–H and O–H groups in total. The molecule has 0 aliphatic heterocycles. The molecule has 1 fully saturated rings. The van der Waals surface area contributed by atoms with E-state index in [1.165, 1.54) is 0 Å². The van der Waals surface area contributed by atoms with Crippen molar-refractivity contribution in [1.29, 1.82) is 0 Å². The SMILES string of the molecule is N.N.N.N.N.N.N.N.N.N.N.N.N.N.O=P(O)(O)OC1C(OP(=O)(O)O)C(OP(=O)(O)O)C(OP(=O)(O)O)C(OP(=O)(O)O)C1OP(=O)(O)O.O=S(=O)(O)OOS(=O)(=O)O.c1cc[nH]c1. The second kappa shape index (κ2) is 39.9. The van der Waals surface area contributed by atoms with Gasteiger partial charge in [-0.2, -0.15) is 16.8 Å². The van der Waals surface area contributed by atoms with E-state index < -0.39 is 104 Å². The van der Waals surface area contributed by atoms with Gasteiger partial charge in [0.2, 0.25) is 0 Å². The lowest BCUT2D eigenvalue weighted by Crippen LogP contribution is -2.66. The number of hydrogen-bond acceptors (Lipinski definition) is 32. The number of aromatic amines is 1. The molecule has 0 amide bonds. The van der Waals surface area contributed by atoms with Crippen molar-refractivity contribution in [2.24, 2.45) is 0 Å². The zero-order chi connectivity index (χ0) is 40.7. The van der Waals surface area contributed by atoms with Gasteiger partial charge < -0.3 is 150 Å². The average Bonchev–Trinajstić information content (AvgIpc) is 3.40. The van der Waals surface area contributed by atoms with E-state index in [1.807, 2.05) is 24.5 Å². The number of hydrogen-bond donors (Lipinski definition) is 29. The topological polar surface area (TPSA) is 1030 Å². The molecule has 1 aromatic heterocycles. The van der Waals surface area contributed by atoms with Crippen LogP contribution in [0.2, 0.25) is 0 Å². The summed E-state index contributed by atoms with van der Waals surface area (Å²) in [5, 5.41) is 0. The van der Waals surface area contributed by atoms with Crippen LogP contribution < -0.4 is 86.1 Å². The molecule has 65 heavy (non-hydrogen) atoms. The Kier molecular flexibility index (Phi) is 65.0. The first-order chi connectivity index (χ1) is 22.3. The summed E-state index contributed by atoms with van der Waals surface area (Å²) in [5.41, 5.74) is 0. The van der Waals surface area contributed by atoms with Crippen LogP contribution in [0.4, 0.5) is 0 Å². The van der Waals surface area contributed by atoms with Crippen molar-refractivity contribution in [3.63, 3.8) is 0 Å². The van der Waals surface area contributed by atoms with E-state index in [0.717, 1.165) is 0 Å². The van der Waals surface area contributed by atoms with Crippen molar-refractivity contribution in [3.05, 3.63) is 24.5 Å². The number of aromatic nitrogens is 1. The van der Waals surface area contributed by atoms with Crippen LogP contribution in [0.25, 0.3) is 0 Å². The van der Waals surface area contributed by atoms with Crippen molar-refractivity contribution < 1.29 is 148 Å². The molecule has 0 atom stereocenters. The van der Waals surface area contributed by atoms with Crippen molar-refractivity contribution in [2.45, 2.75) is 36.6 Å². The summed E-state index contributed by atoms with van der Waals surface area (Å²) in [7, 11) is -46.1. The molecular formula is C10H67N15O32P6S2. The smallest absolute Gasteiger partial charge is 0.368 e. The van der Waals surface area contributed by atoms with E-state index in [4.69, 9.17) is 67.8 Å². The highest BCUT2D eigenvalue weighted by atomic mass is 32.3. The minimum absolute atomic E-state index is 0. The first kappa shape index (κ1) is 106. The summed E-state index contributed by atoms with van der Waals surface area (Å²) in [6.07, 6.45) is -15.1. The van der Waals surface area contributed by atoms with Crippen LogP contribution in [0, 0.1) is 0 Å². The van der Waals surface area contributed by atoms with E-state index in [0.29, 0.717) is 0 Å². The first-order valence-corrected chi connectivity index (χ1v) is 23.0. The maximum absolute atomic E-state index is 11.4. The van der Waals surface area contributed by atoms with Gasteiger partial charge in [-0.25, -0.2) is 27.4 Å². The van der Waals surface area contributed by atoms with Crippen LogP contribution in [-0.4, -0.2) is 126 Å². The normalized spacial score (nSPS) is 18.9. The number of H-pyrrole nitrogens is 1. The zero-order valence-electron chi connectivity index (χ0n) is 33.3. The number of nitrogens with one attached hydrogen (secondary N) is 1. The van der Waals surface area contributed by atoms with Crippen molar-refractivity contribution in [1.82, 2.24) is 91.1 Å². The zero-order valence-corrected chi connectivity index (χ0v) is 40.3. The van der Waals surface area contributed by atoms with Crippen LogP contribution >= 0.6 is 46.9 Å². The summed E-state index contributed by atoms with van der Waals surface area (Å²) < 4.78 is 152. The lowest BCUT2D eigenvalue weighted by Gasteiger charge is -2.48. The molecule has 1 aliphatic rings. The summed E-state index contributed by atoms with van der Waals surface area (Å²) >= 11 is 0. The molecule has 1 aliphatic carbocycles. The van der Waals surface area contributed by atoms with Gasteiger partial charge in [0.1, 0.15) is 36.6 Å². The third-order valence-corrected chi connectivity index (χ3v) is 7.87. The molecule has 416 valence electrons. The van der Waals surface area contributed by atoms with Gasteiger partial charge in [0.25, 0.3) is 0 Å². The third-order valence-electron chi connectivity index (χ3n) is 4.19. The third kappa shape index (κ3) is 55.6. The van der Waals surface area contributed by atoms with E-state index >= 15 is 0 Å². The highest BCUT2D eigenvalue weighted by Crippen LogP contribution is 2.57. The second-order valence-corrected chi connectivity index (χ2v) is 17.4. The van der Waals surface area contributed by atoms with Gasteiger partial charge in [-0.1, -0.05) is 8.67 Å². The molecule has 0 bridgehead atoms. The fourth-order valence-corrected chi connectivity index (χ4v) is 7.04. The monoisotopic (exact) mass is 1160 g/mol. The standard InChI is InChI=1S/C6H18O24P6.C4H5N.14H3N.H2O8S2/c7-31(8,9)25-1-2(26-32(10,11)12)4(28-34(16,17)18)6(30-36(22,23)24)5(29-35(19,20)21)3(1)27-33(13,14)15;1-2-4-5-3-1;;;;;;;;;;;;;;;1-9(2,3)7-8-10(4,5)6/h1-6H,(H2,7,8,9)(H2,10,11,12)(H2,13,14,15)(H2,16,17,18)(H2,19,20,21)(H2,22,23,24);1-5H;14*1H3;(H,1,2,3)(H,4,5,6). The lowest BCUT2D eigenvalue weighted by atomic mass is 9.85. The molecule has 1 heterocycles. The van der Waals surface area contributed by atoms with Gasteiger partial charge in [0, 0.05) is 12.4 Å². The van der Waals surface area contributed by atoms with E-state index in [-0.39, 0.29) is 86.1 Å². The van der Waals surface area contributed by atoms with Crippen LogP contribution in [-0.2, 0) is 84.0 Å². The molecule has 0 unspecified atom stereocenters. The van der Waals surface area contributed by atoms with Gasteiger partial charge in [0.15, 0.2) is 0 Å². The Bertz CT molecular complexity index is 1510. The molecule has 0 aromatic carbocycles. The fourth-order valence-electron chi connectivity index (χ4n) is 3.14. The van der Waals surface area contributed by atoms with Gasteiger partial charge in [-0.05, 0) is 12.1 Å². The van der Waals surface area contributed by atoms with Crippen molar-refractivity contribution >= 4 is 67.7 Å². The molecule has 1 saturated carbocycles. The Balaban J connectivity index is -0.0000000572. The molecule has 47 nitrogen and oxygen atoms in total. The minimum Gasteiger partial charge on any atom is -0.368 e. The van der Waals surface area contributed by atoms with Crippen LogP contribution in [0.3, 0.4) is 0 Å². The largest absolute Gasteiger partial charge is 0.470 e. The summed E-state index contributed by atoms with van der Waals surface area (Å²) in [6.45, 7) is 0. The van der Waals surface area contributed by atoms with Crippen LogP contribution in [0.5, 0.6) is 0 Å². The summed E-state index contributed by atoms with van der Waals surface area (Å²) in [4.78, 5) is 113.